The van der Waals surface area contributed by atoms with E-state index in [-0.39, 0.29) is 5.56 Å². The third kappa shape index (κ3) is 6.67. The van der Waals surface area contributed by atoms with Gasteiger partial charge in [-0.2, -0.15) is 0 Å². The van der Waals surface area contributed by atoms with Gasteiger partial charge in [-0.25, -0.2) is 8.78 Å². The van der Waals surface area contributed by atoms with Crippen molar-refractivity contribution in [2.45, 2.75) is 6.92 Å². The molecule has 33 heavy (non-hydrogen) atoms. The fourth-order valence-electron chi connectivity index (χ4n) is 3.55. The van der Waals surface area contributed by atoms with Crippen LogP contribution in [0, 0.1) is 11.6 Å². The van der Waals surface area contributed by atoms with Gasteiger partial charge in [0, 0.05) is 38.3 Å². The third-order valence-corrected chi connectivity index (χ3v) is 6.12. The summed E-state index contributed by atoms with van der Waals surface area (Å²) in [5, 5.41) is 3.77. The number of amides is 1. The molecule has 0 aromatic heterocycles. The molecule has 0 aliphatic carbocycles. The molecule has 1 aliphatic rings. The van der Waals surface area contributed by atoms with Crippen molar-refractivity contribution < 1.29 is 13.6 Å². The Labute approximate surface area is 202 Å². The van der Waals surface area contributed by atoms with Crippen molar-refractivity contribution in [1.29, 1.82) is 0 Å². The maximum Gasteiger partial charge on any atom is 0.255 e. The highest BCUT2D eigenvalue weighted by Crippen LogP contribution is 2.28. The first-order valence-corrected chi connectivity index (χ1v) is 11.2. The van der Waals surface area contributed by atoms with Crippen molar-refractivity contribution in [3.05, 3.63) is 94.0 Å². The Morgan fingerprint density at radius 3 is 2.42 bits per heavy atom. The molecule has 4 nitrogen and oxygen atoms in total. The van der Waals surface area contributed by atoms with Gasteiger partial charge >= 0.3 is 0 Å². The number of allylic oxidation sites excluding steroid dienone is 3. The highest BCUT2D eigenvalue weighted by Gasteiger charge is 2.20. The van der Waals surface area contributed by atoms with E-state index in [9.17, 15) is 13.6 Å². The average Bonchev–Trinajstić information content (AvgIpc) is 2.81. The molecule has 1 saturated heterocycles. The lowest BCUT2D eigenvalue weighted by atomic mass is 10.1. The van der Waals surface area contributed by atoms with E-state index in [4.69, 9.17) is 23.2 Å². The van der Waals surface area contributed by atoms with Gasteiger partial charge < -0.3 is 10.2 Å². The molecule has 174 valence electrons. The van der Waals surface area contributed by atoms with Gasteiger partial charge in [0.2, 0.25) is 0 Å². The van der Waals surface area contributed by atoms with Gasteiger partial charge in [-0.1, -0.05) is 48.0 Å². The Bertz CT molecular complexity index is 1090. The van der Waals surface area contributed by atoms with E-state index in [1.807, 2.05) is 25.1 Å². The Morgan fingerprint density at radius 1 is 1.06 bits per heavy atom. The van der Waals surface area contributed by atoms with Crippen LogP contribution in [-0.4, -0.2) is 43.5 Å². The fraction of sp³-hybridized carbons (Fsp3) is 0.240. The van der Waals surface area contributed by atoms with Gasteiger partial charge in [0.15, 0.2) is 11.6 Å². The van der Waals surface area contributed by atoms with Crippen molar-refractivity contribution in [2.75, 3.05) is 42.9 Å². The summed E-state index contributed by atoms with van der Waals surface area (Å²) in [4.78, 5) is 17.0. The fourth-order valence-corrected chi connectivity index (χ4v) is 3.87. The van der Waals surface area contributed by atoms with Gasteiger partial charge in [0.25, 0.3) is 5.91 Å². The van der Waals surface area contributed by atoms with Crippen molar-refractivity contribution in [2.24, 2.45) is 0 Å². The minimum Gasteiger partial charge on any atom is -0.367 e. The van der Waals surface area contributed by atoms with Gasteiger partial charge in [0.1, 0.15) is 0 Å². The number of hydrogen-bond donors (Lipinski definition) is 1. The summed E-state index contributed by atoms with van der Waals surface area (Å²) < 4.78 is 26.7. The Hall–Kier alpha value is -2.67. The zero-order chi connectivity index (χ0) is 24.0. The molecule has 2 aromatic carbocycles. The number of benzene rings is 2. The maximum absolute atomic E-state index is 13.5. The van der Waals surface area contributed by atoms with Crippen LogP contribution in [0.15, 0.2) is 76.8 Å². The molecule has 1 amide bonds. The smallest absolute Gasteiger partial charge is 0.255 e. The second-order valence-corrected chi connectivity index (χ2v) is 8.46. The highest BCUT2D eigenvalue weighted by atomic mass is 35.5. The normalized spacial score (nSPS) is 15.5. The minimum absolute atomic E-state index is 0.0526. The number of nitrogens with zero attached hydrogens (tertiary/aromatic N) is 2. The molecule has 1 fully saturated rings. The third-order valence-electron chi connectivity index (χ3n) is 5.29. The SMILES string of the molecule is C=C(C=C(Cl)C(Cl)=CC)CN1CCN(c2ccccc2NC(=O)c2ccc(F)c(F)c2)CC1. The van der Waals surface area contributed by atoms with E-state index < -0.39 is 17.5 Å². The molecule has 8 heteroatoms. The number of para-hydroxylation sites is 2. The summed E-state index contributed by atoms with van der Waals surface area (Å²) >= 11 is 12.2. The van der Waals surface area contributed by atoms with Crippen LogP contribution in [0.3, 0.4) is 0 Å². The number of rotatable bonds is 7. The number of nitrogens with one attached hydrogen (secondary N) is 1. The van der Waals surface area contributed by atoms with Crippen LogP contribution >= 0.6 is 23.2 Å². The van der Waals surface area contributed by atoms with Crippen molar-refractivity contribution in [1.82, 2.24) is 4.90 Å². The molecular weight excluding hydrogens is 467 g/mol. The molecule has 3 rings (SSSR count). The topological polar surface area (TPSA) is 35.6 Å². The summed E-state index contributed by atoms with van der Waals surface area (Å²) in [5.41, 5.74) is 2.40. The number of piperazine rings is 1. The quantitative estimate of drug-likeness (QED) is 0.471. The van der Waals surface area contributed by atoms with E-state index in [2.05, 4.69) is 21.7 Å². The predicted octanol–water partition coefficient (Wildman–Crippen LogP) is 6.16. The van der Waals surface area contributed by atoms with Crippen molar-refractivity contribution in [3.8, 4) is 0 Å². The summed E-state index contributed by atoms with van der Waals surface area (Å²) in [7, 11) is 0. The molecule has 1 aliphatic heterocycles. The van der Waals surface area contributed by atoms with Crippen LogP contribution in [0.4, 0.5) is 20.2 Å². The van der Waals surface area contributed by atoms with Crippen LogP contribution < -0.4 is 10.2 Å². The summed E-state index contributed by atoms with van der Waals surface area (Å²) in [6.45, 7) is 9.66. The first kappa shape index (κ1) is 25.0. The van der Waals surface area contributed by atoms with Crippen LogP contribution in [-0.2, 0) is 0 Å². The highest BCUT2D eigenvalue weighted by molar-refractivity contribution is 6.44. The lowest BCUT2D eigenvalue weighted by Gasteiger charge is -2.37. The van der Waals surface area contributed by atoms with Crippen molar-refractivity contribution in [3.63, 3.8) is 0 Å². The lowest BCUT2D eigenvalue weighted by molar-refractivity contribution is 0.102. The van der Waals surface area contributed by atoms with Crippen molar-refractivity contribution >= 4 is 40.5 Å². The standard InChI is InChI=1S/C25H25Cl2F2N3O/c1-3-19(26)20(27)14-17(2)16-31-10-12-32(13-11-31)24-7-5-4-6-23(24)30-25(33)18-8-9-21(28)22(29)15-18/h3-9,14-15H,2,10-13,16H2,1H3,(H,30,33). The molecule has 1 heterocycles. The summed E-state index contributed by atoms with van der Waals surface area (Å²) in [6.07, 6.45) is 3.51. The van der Waals surface area contributed by atoms with Crippen LogP contribution in [0.2, 0.25) is 0 Å². The Morgan fingerprint density at radius 2 is 1.76 bits per heavy atom. The zero-order valence-corrected chi connectivity index (χ0v) is 19.8. The second-order valence-electron chi connectivity index (χ2n) is 7.65. The zero-order valence-electron chi connectivity index (χ0n) is 18.3. The number of hydrogen-bond acceptors (Lipinski definition) is 3. The Balaban J connectivity index is 1.62. The summed E-state index contributed by atoms with van der Waals surface area (Å²) in [5.74, 6) is -2.55. The summed E-state index contributed by atoms with van der Waals surface area (Å²) in [6, 6.07) is 10.5. The van der Waals surface area contributed by atoms with Crippen LogP contribution in [0.5, 0.6) is 0 Å². The molecule has 2 aromatic rings. The molecule has 0 saturated carbocycles. The number of carbonyl (C=O) groups excluding carboxylic acids is 1. The lowest BCUT2D eigenvalue weighted by Crippen LogP contribution is -2.47. The van der Waals surface area contributed by atoms with Gasteiger partial charge in [-0.15, -0.1) is 0 Å². The molecule has 0 bridgehead atoms. The van der Waals surface area contributed by atoms with E-state index >= 15 is 0 Å². The van der Waals surface area contributed by atoms with Gasteiger partial charge in [-0.05, 0) is 48.9 Å². The van der Waals surface area contributed by atoms with E-state index in [1.54, 1.807) is 18.2 Å². The molecule has 0 atom stereocenters. The van der Waals surface area contributed by atoms with Gasteiger partial charge in [-0.3, -0.25) is 9.69 Å². The monoisotopic (exact) mass is 491 g/mol. The Kier molecular flexibility index (Phi) is 8.67. The first-order valence-electron chi connectivity index (χ1n) is 10.5. The number of carbonyl (C=O) groups is 1. The molecule has 1 N–H and O–H groups in total. The largest absolute Gasteiger partial charge is 0.367 e. The minimum atomic E-state index is -1.06. The van der Waals surface area contributed by atoms with Crippen LogP contribution in [0.1, 0.15) is 17.3 Å². The molecular formula is C25H25Cl2F2N3O. The second kappa shape index (κ2) is 11.5. The average molecular weight is 492 g/mol. The van der Waals surface area contributed by atoms with Gasteiger partial charge in [0.05, 0.1) is 21.4 Å². The number of anilines is 2. The van der Waals surface area contributed by atoms with Crippen LogP contribution in [0.25, 0.3) is 0 Å². The maximum atomic E-state index is 13.5. The predicted molar refractivity (Wildman–Crippen MR) is 132 cm³/mol. The molecule has 0 unspecified atom stereocenters. The van der Waals surface area contributed by atoms with E-state index in [0.717, 1.165) is 49.6 Å². The first-order chi connectivity index (χ1) is 15.8. The molecule has 0 spiro atoms. The van der Waals surface area contributed by atoms with E-state index in [1.165, 1.54) is 6.07 Å². The molecule has 0 radical (unpaired) electrons. The van der Waals surface area contributed by atoms with E-state index in [0.29, 0.717) is 22.3 Å². The number of halogens is 4.